The molecule has 0 radical (unpaired) electrons. The second kappa shape index (κ2) is 6.38. The predicted octanol–water partition coefficient (Wildman–Crippen LogP) is 2.71. The summed E-state index contributed by atoms with van der Waals surface area (Å²) in [5, 5.41) is 5.70. The van der Waals surface area contributed by atoms with Gasteiger partial charge >= 0.3 is 0 Å². The Kier molecular flexibility index (Phi) is 4.24. The zero-order valence-corrected chi connectivity index (χ0v) is 14.8. The lowest BCUT2D eigenvalue weighted by Crippen LogP contribution is -2.31. The summed E-state index contributed by atoms with van der Waals surface area (Å²) in [7, 11) is -3.18. The number of rotatable bonds is 4. The Balaban J connectivity index is 1.52. The summed E-state index contributed by atoms with van der Waals surface area (Å²) in [5.74, 6) is 0.514. The van der Waals surface area contributed by atoms with Crippen LogP contribution in [-0.4, -0.2) is 36.6 Å². The van der Waals surface area contributed by atoms with E-state index < -0.39 is 9.84 Å². The van der Waals surface area contributed by atoms with Crippen molar-refractivity contribution in [2.24, 2.45) is 5.92 Å². The second-order valence-corrected chi connectivity index (χ2v) is 9.24. The average Bonchev–Trinajstić information content (AvgIpc) is 2.99. The second-order valence-electron chi connectivity index (χ2n) is 6.22. The summed E-state index contributed by atoms with van der Waals surface area (Å²) in [6, 6.07) is 5.95. The first-order chi connectivity index (χ1) is 11.6. The highest BCUT2D eigenvalue weighted by molar-refractivity contribution is 8.03. The molecule has 0 spiro atoms. The van der Waals surface area contributed by atoms with E-state index >= 15 is 0 Å². The number of imidazole rings is 1. The number of hydrogen-bond acceptors (Lipinski definition) is 5. The highest BCUT2D eigenvalue weighted by Gasteiger charge is 2.20. The maximum Gasteiger partial charge on any atom is 0.171 e. The van der Waals surface area contributed by atoms with Gasteiger partial charge in [0.15, 0.2) is 9.84 Å². The molecule has 1 saturated heterocycles. The molecule has 7 heteroatoms. The quantitative estimate of drug-likeness (QED) is 0.907. The summed E-state index contributed by atoms with van der Waals surface area (Å²) in [6.45, 7) is 1.83. The van der Waals surface area contributed by atoms with E-state index in [1.54, 1.807) is 17.8 Å². The minimum atomic E-state index is -3.18. The van der Waals surface area contributed by atoms with E-state index in [9.17, 15) is 8.42 Å². The molecule has 0 amide bonds. The van der Waals surface area contributed by atoms with Crippen molar-refractivity contribution >= 4 is 33.3 Å². The Morgan fingerprint density at radius 3 is 3.00 bits per heavy atom. The van der Waals surface area contributed by atoms with E-state index in [0.29, 0.717) is 0 Å². The topological polar surface area (TPSA) is 63.5 Å². The van der Waals surface area contributed by atoms with Crippen LogP contribution in [0.2, 0.25) is 0 Å². The Morgan fingerprint density at radius 1 is 1.33 bits per heavy atom. The molecule has 0 saturated carbocycles. The van der Waals surface area contributed by atoms with Gasteiger partial charge in [-0.15, -0.1) is 0 Å². The number of sulfone groups is 1. The van der Waals surface area contributed by atoms with Gasteiger partial charge in [0.05, 0.1) is 22.7 Å². The van der Waals surface area contributed by atoms with E-state index in [1.165, 1.54) is 5.41 Å². The number of piperidine rings is 1. The van der Waals surface area contributed by atoms with E-state index in [-0.39, 0.29) is 11.7 Å². The molecule has 1 fully saturated rings. The molecule has 4 heterocycles. The van der Waals surface area contributed by atoms with Crippen LogP contribution in [0.5, 0.6) is 0 Å². The maximum atomic E-state index is 12.4. The molecule has 0 bridgehead atoms. The number of hydrogen-bond donors (Lipinski definition) is 1. The van der Waals surface area contributed by atoms with Gasteiger partial charge in [-0.1, -0.05) is 17.8 Å². The first kappa shape index (κ1) is 15.9. The van der Waals surface area contributed by atoms with Crippen LogP contribution in [0.15, 0.2) is 45.8 Å². The molecule has 4 rings (SSSR count). The molecule has 5 nitrogen and oxygen atoms in total. The summed E-state index contributed by atoms with van der Waals surface area (Å²) < 4.78 is 26.8. The molecule has 2 aromatic heterocycles. The third-order valence-corrected chi connectivity index (χ3v) is 6.90. The van der Waals surface area contributed by atoms with Gasteiger partial charge in [-0.25, -0.2) is 13.4 Å². The molecule has 0 aromatic carbocycles. The summed E-state index contributed by atoms with van der Waals surface area (Å²) in [4.78, 5) is 5.29. The zero-order chi connectivity index (χ0) is 16.6. The van der Waals surface area contributed by atoms with Crippen molar-refractivity contribution in [1.82, 2.24) is 14.7 Å². The lowest BCUT2D eigenvalue weighted by molar-refractivity contribution is 0.402. The van der Waals surface area contributed by atoms with Gasteiger partial charge in [-0.05, 0) is 56.1 Å². The molecule has 126 valence electrons. The summed E-state index contributed by atoms with van der Waals surface area (Å²) in [5.41, 5.74) is 1.89. The van der Waals surface area contributed by atoms with Crippen LogP contribution in [0.25, 0.3) is 11.7 Å². The van der Waals surface area contributed by atoms with E-state index in [2.05, 4.69) is 14.7 Å². The molecule has 2 aromatic rings. The lowest BCUT2D eigenvalue weighted by Gasteiger charge is -2.21. The molecule has 2 aliphatic rings. The summed E-state index contributed by atoms with van der Waals surface area (Å²) in [6.07, 6.45) is 7.39. The number of nitrogens with one attached hydrogen (secondary N) is 1. The van der Waals surface area contributed by atoms with Crippen molar-refractivity contribution in [3.8, 4) is 0 Å². The monoisotopic (exact) mass is 361 g/mol. The van der Waals surface area contributed by atoms with Crippen LogP contribution in [0, 0.1) is 5.92 Å². The molecule has 0 aliphatic carbocycles. The molecule has 1 N–H and O–H groups in total. The number of nitrogens with zero attached hydrogens (tertiary/aromatic N) is 2. The largest absolute Gasteiger partial charge is 0.317 e. The molecule has 2 aliphatic heterocycles. The fourth-order valence-electron chi connectivity index (χ4n) is 3.19. The molecule has 0 unspecified atom stereocenters. The Hall–Kier alpha value is -1.57. The van der Waals surface area contributed by atoms with Crippen molar-refractivity contribution in [3.05, 3.63) is 46.5 Å². The maximum absolute atomic E-state index is 12.4. The van der Waals surface area contributed by atoms with Crippen molar-refractivity contribution < 1.29 is 8.42 Å². The van der Waals surface area contributed by atoms with Gasteiger partial charge in [0.2, 0.25) is 0 Å². The zero-order valence-electron chi connectivity index (χ0n) is 13.2. The van der Waals surface area contributed by atoms with E-state index in [4.69, 9.17) is 0 Å². The number of aromatic nitrogens is 2. The third-order valence-electron chi connectivity index (χ3n) is 4.40. The minimum Gasteiger partial charge on any atom is -0.317 e. The van der Waals surface area contributed by atoms with Gasteiger partial charge in [-0.2, -0.15) is 0 Å². The fraction of sp³-hybridized carbons (Fsp3) is 0.353. The van der Waals surface area contributed by atoms with Gasteiger partial charge in [0.25, 0.3) is 0 Å². The Bertz CT molecular complexity index is 922. The number of thioether (sulfide) groups is 1. The van der Waals surface area contributed by atoms with Crippen LogP contribution >= 0.6 is 11.8 Å². The first-order valence-corrected chi connectivity index (χ1v) is 10.6. The van der Waals surface area contributed by atoms with Crippen LogP contribution < -0.4 is 5.32 Å². The highest BCUT2D eigenvalue weighted by Crippen LogP contribution is 2.35. The van der Waals surface area contributed by atoms with Gasteiger partial charge < -0.3 is 5.32 Å². The van der Waals surface area contributed by atoms with Crippen molar-refractivity contribution in [3.63, 3.8) is 0 Å². The van der Waals surface area contributed by atoms with E-state index in [0.717, 1.165) is 47.2 Å². The fourth-order valence-corrected chi connectivity index (χ4v) is 5.73. The average molecular weight is 361 g/mol. The van der Waals surface area contributed by atoms with Gasteiger partial charge in [-0.3, -0.25) is 4.40 Å². The predicted molar refractivity (Wildman–Crippen MR) is 97.5 cm³/mol. The van der Waals surface area contributed by atoms with Crippen LogP contribution in [-0.2, 0) is 9.84 Å². The Labute approximate surface area is 145 Å². The number of pyridine rings is 1. The van der Waals surface area contributed by atoms with Crippen LogP contribution in [0.1, 0.15) is 18.5 Å². The van der Waals surface area contributed by atoms with Crippen LogP contribution in [0.3, 0.4) is 0 Å². The highest BCUT2D eigenvalue weighted by atomic mass is 32.2. The van der Waals surface area contributed by atoms with Gasteiger partial charge in [0, 0.05) is 10.3 Å². The summed E-state index contributed by atoms with van der Waals surface area (Å²) >= 11 is 1.56. The lowest BCUT2D eigenvalue weighted by atomic mass is 10.0. The standard InChI is InChI=1S/C17H19N3O2S2/c21-24(22,12-13-4-7-18-8-5-13)9-6-15-10-14-11-19-16-2-1-3-17(23-15)20(14)16/h1-3,6,9-11,13,18H,4-5,7-8,12H2/b9-6+. The van der Waals surface area contributed by atoms with Crippen LogP contribution in [0.4, 0.5) is 0 Å². The molecule has 24 heavy (non-hydrogen) atoms. The minimum absolute atomic E-state index is 0.247. The van der Waals surface area contributed by atoms with Gasteiger partial charge in [0.1, 0.15) is 5.65 Å². The normalized spacial score (nSPS) is 19.1. The number of allylic oxidation sites excluding steroid dienone is 1. The molecular weight excluding hydrogens is 342 g/mol. The van der Waals surface area contributed by atoms with Crippen molar-refractivity contribution in [2.45, 2.75) is 17.9 Å². The van der Waals surface area contributed by atoms with Crippen molar-refractivity contribution in [1.29, 1.82) is 0 Å². The Morgan fingerprint density at radius 2 is 2.17 bits per heavy atom. The SMILES string of the molecule is O=S(=O)(/C=C/C1=Cc2cnc3cccc(n23)S1)CC1CCNCC1. The smallest absolute Gasteiger partial charge is 0.171 e. The third kappa shape index (κ3) is 3.29. The van der Waals surface area contributed by atoms with Crippen molar-refractivity contribution in [2.75, 3.05) is 18.8 Å². The molecule has 0 atom stereocenters. The first-order valence-electron chi connectivity index (χ1n) is 8.08. The van der Waals surface area contributed by atoms with E-state index in [1.807, 2.05) is 30.5 Å². The molecular formula is C17H19N3O2S2.